The molecule has 0 saturated heterocycles. The molecule has 22 heteroatoms. The monoisotopic (exact) mass is 1680 g/mol. The van der Waals surface area contributed by atoms with Crippen molar-refractivity contribution in [2.24, 2.45) is 35.5 Å². The zero-order chi connectivity index (χ0) is 81.4. The highest BCUT2D eigenvalue weighted by Gasteiger charge is 2.53. The number of anilines is 2. The number of nitrogens with zero attached hydrogens (tertiary/aromatic N) is 2. The Balaban J connectivity index is 0.000000182. The molecule has 0 radical (unpaired) electrons. The number of aliphatic hydroxyl groups is 2. The number of amides is 2. The fourth-order valence-corrected chi connectivity index (χ4v) is 32.6. The number of benzene rings is 8. The standard InChI is InChI=1S/2C47H55ClN2O6SSi/c2*1-46(2,3)58(38-14-6-4-7-15-38,39-16-8-5-9-17-39)56-29-33-12-10-18-43(51)40-22-19-36(40)28-50-31-47(25-11-13-34-26-37(48)21-23-41(34)47)32-55-44-24-20-35(27-42(44)50)45(52)49-57(53,54)30-33/h2*4-10,14-18,20-21,23-24,26-27,33,36,40,43,51H,11-13,19,22,25,28-32H2,1-3H3,(H,49,52)/b2*18-10+/t33-,36+,40-,43-,47+;33-,36-,40+,43+,47-/m10/s1. The van der Waals surface area contributed by atoms with Crippen LogP contribution in [0.1, 0.15) is 149 Å². The maximum atomic E-state index is 14.0. The Kier molecular flexibility index (Phi) is 24.5. The van der Waals surface area contributed by atoms with Crippen molar-refractivity contribution in [3.63, 3.8) is 0 Å². The highest BCUT2D eigenvalue weighted by Crippen LogP contribution is 2.50. The molecule has 16 nitrogen and oxygen atoms in total. The molecule has 8 aromatic rings. The number of sulfonamides is 2. The van der Waals surface area contributed by atoms with E-state index in [1.807, 2.05) is 109 Å². The zero-order valence-electron chi connectivity index (χ0n) is 67.4. The lowest BCUT2D eigenvalue weighted by Gasteiger charge is -2.45. The van der Waals surface area contributed by atoms with Crippen LogP contribution in [0.3, 0.4) is 0 Å². The first-order valence-electron chi connectivity index (χ1n) is 41.4. The van der Waals surface area contributed by atoms with Crippen molar-refractivity contribution in [2.45, 2.75) is 152 Å². The lowest BCUT2D eigenvalue weighted by Crippen LogP contribution is -2.67. The maximum absolute atomic E-state index is 14.0. The van der Waals surface area contributed by atoms with Crippen LogP contribution >= 0.6 is 23.2 Å². The average Bonchev–Trinajstić information content (AvgIpc) is 1.09. The van der Waals surface area contributed by atoms with Crippen LogP contribution < -0.4 is 49.5 Å². The first-order valence-corrected chi connectivity index (χ1v) is 49.3. The van der Waals surface area contributed by atoms with E-state index in [9.17, 15) is 36.6 Å². The molecule has 8 aromatic carbocycles. The quantitative estimate of drug-likeness (QED) is 0.0742. The molecule has 8 aliphatic rings. The Morgan fingerprint density at radius 2 is 0.853 bits per heavy atom. The molecule has 4 N–H and O–H groups in total. The van der Waals surface area contributed by atoms with Crippen molar-refractivity contribution in [3.8, 4) is 11.5 Å². The molecule has 10 atom stereocenters. The average molecular weight is 1680 g/mol. The molecule has 2 fully saturated rings. The summed E-state index contributed by atoms with van der Waals surface area (Å²) in [5.74, 6) is -1.14. The molecule has 2 spiro atoms. The van der Waals surface area contributed by atoms with E-state index in [1.54, 1.807) is 36.4 Å². The van der Waals surface area contributed by atoms with Crippen LogP contribution in [-0.2, 0) is 52.6 Å². The number of hydrogen-bond donors (Lipinski definition) is 4. The summed E-state index contributed by atoms with van der Waals surface area (Å²) in [6.07, 6.45) is 16.5. The largest absolute Gasteiger partial charge is 0.490 e. The Morgan fingerprint density at radius 3 is 1.19 bits per heavy atom. The minimum atomic E-state index is -4.13. The van der Waals surface area contributed by atoms with Crippen molar-refractivity contribution < 1.29 is 55.0 Å². The van der Waals surface area contributed by atoms with Crippen LogP contribution in [0.2, 0.25) is 20.1 Å². The van der Waals surface area contributed by atoms with Gasteiger partial charge in [-0.25, -0.2) is 26.3 Å². The number of ether oxygens (including phenoxy) is 2. The van der Waals surface area contributed by atoms with Gasteiger partial charge in [-0.2, -0.15) is 0 Å². The molecule has 612 valence electrons. The lowest BCUT2D eigenvalue weighted by atomic mass is 9.68. The van der Waals surface area contributed by atoms with Gasteiger partial charge in [-0.05, 0) is 214 Å². The maximum Gasteiger partial charge on any atom is 0.264 e. The van der Waals surface area contributed by atoms with Gasteiger partial charge in [0.15, 0.2) is 0 Å². The van der Waals surface area contributed by atoms with E-state index in [0.29, 0.717) is 63.7 Å². The van der Waals surface area contributed by atoms with Crippen LogP contribution in [-0.4, -0.2) is 132 Å². The van der Waals surface area contributed by atoms with Gasteiger partial charge in [0.25, 0.3) is 28.4 Å². The van der Waals surface area contributed by atoms with Crippen molar-refractivity contribution >= 4 is 104 Å². The van der Waals surface area contributed by atoms with E-state index in [4.69, 9.17) is 41.5 Å². The number of fused-ring (bicyclic) bond motifs is 8. The second-order valence-electron chi connectivity index (χ2n) is 36.0. The van der Waals surface area contributed by atoms with Crippen molar-refractivity contribution in [3.05, 3.63) is 262 Å². The van der Waals surface area contributed by atoms with Crippen LogP contribution in [0.5, 0.6) is 11.5 Å². The molecular formula is C94H110Cl2N4O12S2Si2. The van der Waals surface area contributed by atoms with Gasteiger partial charge < -0.3 is 38.3 Å². The van der Waals surface area contributed by atoms with Crippen molar-refractivity contribution in [1.29, 1.82) is 0 Å². The van der Waals surface area contributed by atoms with E-state index in [-0.39, 0.29) is 80.4 Å². The molecule has 0 aromatic heterocycles. The van der Waals surface area contributed by atoms with Gasteiger partial charge in [0.2, 0.25) is 20.0 Å². The molecule has 4 heterocycles. The van der Waals surface area contributed by atoms with Crippen molar-refractivity contribution in [1.82, 2.24) is 9.44 Å². The molecule has 2 saturated carbocycles. The number of halogens is 2. The predicted molar refractivity (Wildman–Crippen MR) is 469 cm³/mol. The number of carbonyl (C=O) groups excluding carboxylic acids is 2. The lowest BCUT2D eigenvalue weighted by molar-refractivity contribution is 0.0454. The minimum absolute atomic E-state index is 0.0483. The summed E-state index contributed by atoms with van der Waals surface area (Å²) in [6, 6.07) is 63.9. The van der Waals surface area contributed by atoms with Gasteiger partial charge in [0, 0.05) is 83.2 Å². The van der Waals surface area contributed by atoms with Crippen molar-refractivity contribution in [2.75, 3.05) is 73.9 Å². The second-order valence-corrected chi connectivity index (χ2v) is 49.0. The number of aliphatic hydroxyl groups excluding tert-OH is 2. The van der Waals surface area contributed by atoms with Gasteiger partial charge in [-0.1, -0.05) is 223 Å². The Hall–Kier alpha value is -7.87. The number of carbonyl (C=O) groups is 2. The Morgan fingerprint density at radius 1 is 0.491 bits per heavy atom. The molecule has 0 unspecified atom stereocenters. The minimum Gasteiger partial charge on any atom is -0.490 e. The van der Waals surface area contributed by atoms with Crippen LogP contribution in [0.4, 0.5) is 11.4 Å². The molecule has 4 bridgehead atoms. The summed E-state index contributed by atoms with van der Waals surface area (Å²) in [5, 5.41) is 28.6. The summed E-state index contributed by atoms with van der Waals surface area (Å²) >= 11 is 12.9. The van der Waals surface area contributed by atoms with E-state index in [0.717, 1.165) is 106 Å². The number of hydrogen-bond acceptors (Lipinski definition) is 14. The van der Waals surface area contributed by atoms with E-state index >= 15 is 0 Å². The third kappa shape index (κ3) is 17.3. The number of allylic oxidation sites excluding steroid dienone is 2. The summed E-state index contributed by atoms with van der Waals surface area (Å²) in [6.45, 7) is 17.1. The van der Waals surface area contributed by atoms with Gasteiger partial charge in [-0.3, -0.25) is 9.59 Å². The third-order valence-electron chi connectivity index (χ3n) is 26.3. The molecule has 4 aliphatic heterocycles. The smallest absolute Gasteiger partial charge is 0.264 e. The highest BCUT2D eigenvalue weighted by atomic mass is 35.5. The predicted octanol–water partition coefficient (Wildman–Crippen LogP) is 14.8. The topological polar surface area (TPSA) is 210 Å². The number of rotatable bonds is 10. The second kappa shape index (κ2) is 34.1. The van der Waals surface area contributed by atoms with Crippen LogP contribution in [0.15, 0.2) is 218 Å². The molecule has 2 amide bonds. The normalized spacial score (nSPS) is 26.6. The van der Waals surface area contributed by atoms with E-state index in [2.05, 4.69) is 134 Å². The summed E-state index contributed by atoms with van der Waals surface area (Å²) in [5.41, 5.74) is 6.41. The van der Waals surface area contributed by atoms with E-state index < -0.39 is 72.5 Å². The highest BCUT2D eigenvalue weighted by molar-refractivity contribution is 7.90. The molecule has 16 rings (SSSR count). The first-order chi connectivity index (χ1) is 55.5. The third-order valence-corrected chi connectivity index (χ3v) is 39.5. The SMILES string of the molecule is CC(C)(C)[Si](OC[C@@H]1C/C=C/[C@@H](O)[C@@H]2CC[C@H]2CN2C[C@@]3(CCCc4cc(Cl)ccc43)COc3ccc(cc32)C(=O)NS(=O)(=O)C1)(c1ccccc1)c1ccccc1.CC(C)(C)[Si](OC[C@H]1C/C=C/[C@@H](O)[C@@H]2CC[C@H]2CN2C[C@@]3(CCCc4cc(Cl)ccc43)COc3ccc(cc32)C(=O)NS(=O)(=O)C1)(c1ccccc1)c1ccccc1. The molecule has 116 heavy (non-hydrogen) atoms. The Bertz CT molecular complexity index is 4770. The van der Waals surface area contributed by atoms with Gasteiger partial charge in [0.1, 0.15) is 11.5 Å². The van der Waals surface area contributed by atoms with Gasteiger partial charge in [0.05, 0.1) is 48.3 Å². The van der Waals surface area contributed by atoms with Crippen LogP contribution in [0.25, 0.3) is 0 Å². The van der Waals surface area contributed by atoms with E-state index in [1.165, 1.54) is 22.3 Å². The Labute approximate surface area is 697 Å². The van der Waals surface area contributed by atoms with Gasteiger partial charge >= 0.3 is 0 Å². The summed E-state index contributed by atoms with van der Waals surface area (Å²) in [4.78, 5) is 32.6. The zero-order valence-corrected chi connectivity index (χ0v) is 72.5. The molecule has 4 aliphatic carbocycles. The van der Waals surface area contributed by atoms with Gasteiger partial charge in [-0.15, -0.1) is 0 Å². The molecular weight excluding hydrogens is 1570 g/mol. The summed E-state index contributed by atoms with van der Waals surface area (Å²) in [7, 11) is -14.2. The number of nitrogens with one attached hydrogen (secondary N) is 2. The fourth-order valence-electron chi connectivity index (χ4n) is 20.2. The summed E-state index contributed by atoms with van der Waals surface area (Å²) < 4.78 is 88.6. The fraction of sp³-hybridized carbons (Fsp3) is 0.426. The van der Waals surface area contributed by atoms with Crippen LogP contribution in [0, 0.1) is 35.5 Å². The first kappa shape index (κ1) is 83.2. The number of aryl methyl sites for hydroxylation is 2.